The average molecular weight is 332 g/mol. The highest BCUT2D eigenvalue weighted by Crippen LogP contribution is 2.23. The highest BCUT2D eigenvalue weighted by atomic mass is 15.3. The summed E-state index contributed by atoms with van der Waals surface area (Å²) in [5.74, 6) is 1.12. The fourth-order valence-electron chi connectivity index (χ4n) is 2.95. The van der Waals surface area contributed by atoms with Gasteiger partial charge in [-0.15, -0.1) is 5.10 Å². The third-order valence-electron chi connectivity index (χ3n) is 4.20. The van der Waals surface area contributed by atoms with Gasteiger partial charge in [0, 0.05) is 30.2 Å². The maximum absolute atomic E-state index is 4.46. The fraction of sp³-hybridized carbons (Fsp3) is 0.211. The Labute approximate surface area is 146 Å². The number of hydrogen-bond acceptors (Lipinski definition) is 6. The molecule has 0 bridgehead atoms. The molecule has 2 N–H and O–H groups in total. The van der Waals surface area contributed by atoms with Gasteiger partial charge >= 0.3 is 0 Å². The molecule has 3 aromatic rings. The Kier molecular flexibility index (Phi) is 4.41. The molecule has 1 aromatic heterocycles. The second-order valence-corrected chi connectivity index (χ2v) is 6.02. The van der Waals surface area contributed by atoms with E-state index in [-0.39, 0.29) is 0 Å². The molecule has 0 spiro atoms. The summed E-state index contributed by atoms with van der Waals surface area (Å²) >= 11 is 0. The van der Waals surface area contributed by atoms with Crippen molar-refractivity contribution < 1.29 is 0 Å². The van der Waals surface area contributed by atoms with Crippen LogP contribution in [0.3, 0.4) is 0 Å². The Morgan fingerprint density at radius 1 is 0.800 bits per heavy atom. The van der Waals surface area contributed by atoms with Crippen molar-refractivity contribution in [3.8, 4) is 0 Å². The predicted octanol–water partition coefficient (Wildman–Crippen LogP) is 3.96. The van der Waals surface area contributed by atoms with Crippen molar-refractivity contribution in [2.75, 3.05) is 28.6 Å². The summed E-state index contributed by atoms with van der Waals surface area (Å²) in [5, 5.41) is 14.5. The first kappa shape index (κ1) is 15.4. The van der Waals surface area contributed by atoms with Gasteiger partial charge in [0.2, 0.25) is 5.95 Å². The zero-order valence-corrected chi connectivity index (χ0v) is 13.9. The lowest BCUT2D eigenvalue weighted by atomic mass is 10.2. The van der Waals surface area contributed by atoms with Gasteiger partial charge in [-0.1, -0.05) is 18.2 Å². The van der Waals surface area contributed by atoms with Crippen LogP contribution in [0.5, 0.6) is 0 Å². The molecule has 0 unspecified atom stereocenters. The molecule has 1 fully saturated rings. The molecule has 4 rings (SSSR count). The van der Waals surface area contributed by atoms with E-state index < -0.39 is 0 Å². The summed E-state index contributed by atoms with van der Waals surface area (Å²) in [6.45, 7) is 2.30. The van der Waals surface area contributed by atoms with Gasteiger partial charge in [0.1, 0.15) is 0 Å². The molecule has 126 valence electrons. The molecular formula is C19H20N6. The van der Waals surface area contributed by atoms with Gasteiger partial charge in [0.25, 0.3) is 0 Å². The van der Waals surface area contributed by atoms with Crippen LogP contribution in [0.2, 0.25) is 0 Å². The first-order valence-corrected chi connectivity index (χ1v) is 8.51. The minimum Gasteiger partial charge on any atom is -0.372 e. The number of nitrogens with zero attached hydrogens (tertiary/aromatic N) is 4. The van der Waals surface area contributed by atoms with E-state index in [1.165, 1.54) is 18.5 Å². The highest BCUT2D eigenvalue weighted by Gasteiger charge is 2.11. The number of hydrogen-bond donors (Lipinski definition) is 2. The molecule has 0 radical (unpaired) electrons. The normalized spacial score (nSPS) is 13.7. The third kappa shape index (κ3) is 3.85. The lowest BCUT2D eigenvalue weighted by Crippen LogP contribution is -2.17. The molecule has 2 aromatic carbocycles. The van der Waals surface area contributed by atoms with E-state index in [0.29, 0.717) is 11.8 Å². The monoisotopic (exact) mass is 332 g/mol. The molecule has 25 heavy (non-hydrogen) atoms. The summed E-state index contributed by atoms with van der Waals surface area (Å²) < 4.78 is 0. The largest absolute Gasteiger partial charge is 0.372 e. The molecule has 2 heterocycles. The molecule has 0 aliphatic carbocycles. The minimum absolute atomic E-state index is 0.463. The summed E-state index contributed by atoms with van der Waals surface area (Å²) in [6, 6.07) is 18.2. The van der Waals surface area contributed by atoms with Gasteiger partial charge in [-0.05, 0) is 49.2 Å². The first-order valence-electron chi connectivity index (χ1n) is 8.51. The number of para-hydroxylation sites is 1. The second kappa shape index (κ2) is 7.17. The van der Waals surface area contributed by atoms with Crippen LogP contribution in [0.4, 0.5) is 28.8 Å². The summed E-state index contributed by atoms with van der Waals surface area (Å²) in [6.07, 6.45) is 4.18. The van der Waals surface area contributed by atoms with Crippen molar-refractivity contribution in [2.24, 2.45) is 0 Å². The van der Waals surface area contributed by atoms with Gasteiger partial charge in [0.05, 0.1) is 6.20 Å². The number of anilines is 5. The lowest BCUT2D eigenvalue weighted by molar-refractivity contribution is 0.949. The van der Waals surface area contributed by atoms with Gasteiger partial charge in [0.15, 0.2) is 5.82 Å². The van der Waals surface area contributed by atoms with E-state index >= 15 is 0 Å². The first-order chi connectivity index (χ1) is 12.4. The van der Waals surface area contributed by atoms with Crippen molar-refractivity contribution in [1.29, 1.82) is 0 Å². The van der Waals surface area contributed by atoms with Crippen molar-refractivity contribution >= 4 is 28.8 Å². The number of benzene rings is 2. The maximum Gasteiger partial charge on any atom is 0.249 e. The maximum atomic E-state index is 4.46. The van der Waals surface area contributed by atoms with Crippen LogP contribution in [-0.4, -0.2) is 28.3 Å². The van der Waals surface area contributed by atoms with E-state index in [2.05, 4.69) is 55.0 Å². The molecule has 0 saturated carbocycles. The quantitative estimate of drug-likeness (QED) is 0.737. The van der Waals surface area contributed by atoms with Crippen LogP contribution in [0, 0.1) is 0 Å². The summed E-state index contributed by atoms with van der Waals surface area (Å²) in [4.78, 5) is 6.87. The van der Waals surface area contributed by atoms with E-state index in [0.717, 1.165) is 24.5 Å². The van der Waals surface area contributed by atoms with Crippen molar-refractivity contribution in [3.63, 3.8) is 0 Å². The Bertz CT molecular complexity index is 813. The molecular weight excluding hydrogens is 312 g/mol. The van der Waals surface area contributed by atoms with Crippen LogP contribution in [0.15, 0.2) is 60.8 Å². The minimum atomic E-state index is 0.463. The SMILES string of the molecule is c1ccc(Nc2nncc(Nc3ccc(N4CCCC4)cc3)n2)cc1. The summed E-state index contributed by atoms with van der Waals surface area (Å²) in [7, 11) is 0. The van der Waals surface area contributed by atoms with E-state index in [1.54, 1.807) is 6.20 Å². The van der Waals surface area contributed by atoms with Crippen molar-refractivity contribution in [3.05, 3.63) is 60.8 Å². The van der Waals surface area contributed by atoms with Crippen LogP contribution < -0.4 is 15.5 Å². The smallest absolute Gasteiger partial charge is 0.249 e. The van der Waals surface area contributed by atoms with Crippen LogP contribution in [-0.2, 0) is 0 Å². The van der Waals surface area contributed by atoms with Gasteiger partial charge in [-0.25, -0.2) is 0 Å². The average Bonchev–Trinajstić information content (AvgIpc) is 3.18. The van der Waals surface area contributed by atoms with Crippen LogP contribution in [0.1, 0.15) is 12.8 Å². The molecule has 1 aliphatic rings. The third-order valence-corrected chi connectivity index (χ3v) is 4.20. The van der Waals surface area contributed by atoms with Crippen molar-refractivity contribution in [2.45, 2.75) is 12.8 Å². The molecule has 1 saturated heterocycles. The number of rotatable bonds is 5. The highest BCUT2D eigenvalue weighted by molar-refractivity contribution is 5.62. The molecule has 6 heteroatoms. The zero-order valence-electron chi connectivity index (χ0n) is 13.9. The Balaban J connectivity index is 1.44. The lowest BCUT2D eigenvalue weighted by Gasteiger charge is -2.17. The Hall–Kier alpha value is -3.15. The van der Waals surface area contributed by atoms with E-state index in [1.807, 2.05) is 30.3 Å². The summed E-state index contributed by atoms with van der Waals surface area (Å²) in [5.41, 5.74) is 3.18. The fourth-order valence-corrected chi connectivity index (χ4v) is 2.95. The van der Waals surface area contributed by atoms with Crippen LogP contribution >= 0.6 is 0 Å². The van der Waals surface area contributed by atoms with Gasteiger partial charge in [-0.3, -0.25) is 0 Å². The number of nitrogens with one attached hydrogen (secondary N) is 2. The van der Waals surface area contributed by atoms with E-state index in [4.69, 9.17) is 0 Å². The zero-order chi connectivity index (χ0) is 16.9. The molecule has 6 nitrogen and oxygen atoms in total. The molecule has 0 amide bonds. The predicted molar refractivity (Wildman–Crippen MR) is 101 cm³/mol. The Morgan fingerprint density at radius 3 is 2.28 bits per heavy atom. The van der Waals surface area contributed by atoms with Gasteiger partial charge < -0.3 is 15.5 Å². The number of aromatic nitrogens is 3. The van der Waals surface area contributed by atoms with Crippen LogP contribution in [0.25, 0.3) is 0 Å². The van der Waals surface area contributed by atoms with Crippen molar-refractivity contribution in [1.82, 2.24) is 15.2 Å². The van der Waals surface area contributed by atoms with E-state index in [9.17, 15) is 0 Å². The second-order valence-electron chi connectivity index (χ2n) is 6.02. The standard InChI is InChI=1S/C19H20N6/c1-2-6-15(7-3-1)22-19-23-18(14-20-24-19)21-16-8-10-17(11-9-16)25-12-4-5-13-25/h1-3,6-11,14H,4-5,12-13H2,(H2,21,22,23,24). The van der Waals surface area contributed by atoms with Gasteiger partial charge in [-0.2, -0.15) is 10.1 Å². The topological polar surface area (TPSA) is 66.0 Å². The Morgan fingerprint density at radius 2 is 1.52 bits per heavy atom. The molecule has 0 atom stereocenters. The molecule has 1 aliphatic heterocycles.